The molecule has 3 nitrogen and oxygen atoms in total. The summed E-state index contributed by atoms with van der Waals surface area (Å²) in [4.78, 5) is 11.7. The third-order valence-electron chi connectivity index (χ3n) is 3.32. The lowest BCUT2D eigenvalue weighted by Crippen LogP contribution is -2.20. The monoisotopic (exact) mass is 300 g/mol. The molecule has 0 bridgehead atoms. The largest absolute Gasteiger partial charge is 0.523 e. The molecule has 0 N–H and O–H groups in total. The van der Waals surface area contributed by atoms with Crippen LogP contribution in [0.1, 0.15) is 85.5 Å². The second-order valence-corrected chi connectivity index (χ2v) is 6.44. The molecule has 0 aromatic rings. The van der Waals surface area contributed by atoms with Crippen molar-refractivity contribution in [1.82, 2.24) is 0 Å². The molecule has 0 heterocycles. The van der Waals surface area contributed by atoms with Crippen LogP contribution in [0.3, 0.4) is 0 Å². The minimum atomic E-state index is -0.159. The molecule has 0 saturated heterocycles. The van der Waals surface area contributed by atoms with Gasteiger partial charge in [0, 0.05) is 6.10 Å². The minimum Gasteiger partial charge on any atom is -0.490 e. The summed E-state index contributed by atoms with van der Waals surface area (Å²) in [7, 11) is -0.159. The first-order valence-electron chi connectivity index (χ1n) is 8.19. The maximum absolute atomic E-state index is 11.7. The van der Waals surface area contributed by atoms with Gasteiger partial charge in [-0.2, -0.15) is 0 Å². The molecule has 0 aliphatic rings. The van der Waals surface area contributed by atoms with Crippen LogP contribution in [0.5, 0.6) is 0 Å². The van der Waals surface area contributed by atoms with Crippen LogP contribution in [0.2, 0.25) is 0 Å². The van der Waals surface area contributed by atoms with Crippen LogP contribution in [0, 0.1) is 5.92 Å². The van der Waals surface area contributed by atoms with Gasteiger partial charge in [-0.1, -0.05) is 65.2 Å². The summed E-state index contributed by atoms with van der Waals surface area (Å²) in [6, 6.07) is 0. The highest BCUT2D eigenvalue weighted by Crippen LogP contribution is 2.14. The normalized spacial score (nSPS) is 12.7. The zero-order valence-corrected chi connectivity index (χ0v) is 14.7. The maximum Gasteiger partial charge on any atom is 0.523 e. The van der Waals surface area contributed by atoms with Gasteiger partial charge in [0.2, 0.25) is 0 Å². The third-order valence-corrected chi connectivity index (χ3v) is 4.17. The molecule has 2 radical (unpaired) electrons. The van der Waals surface area contributed by atoms with E-state index in [0.717, 1.165) is 12.8 Å². The van der Waals surface area contributed by atoms with E-state index < -0.39 is 0 Å². The molecule has 118 valence electrons. The summed E-state index contributed by atoms with van der Waals surface area (Å²) in [5.41, 5.74) is 0. The Hall–Kier alpha value is -0.353. The van der Waals surface area contributed by atoms with E-state index in [0.29, 0.717) is 0 Å². The molecule has 20 heavy (non-hydrogen) atoms. The smallest absolute Gasteiger partial charge is 0.490 e. The first-order chi connectivity index (χ1) is 9.57. The zero-order chi connectivity index (χ0) is 15.2. The van der Waals surface area contributed by atoms with Gasteiger partial charge in [-0.15, -0.1) is 0 Å². The Balaban J connectivity index is 3.38. The van der Waals surface area contributed by atoms with Crippen LogP contribution in [-0.4, -0.2) is 22.1 Å². The molecule has 0 aliphatic heterocycles. The van der Waals surface area contributed by atoms with Crippen LogP contribution < -0.4 is 0 Å². The third kappa shape index (κ3) is 12.7. The van der Waals surface area contributed by atoms with Crippen molar-refractivity contribution in [2.75, 3.05) is 0 Å². The lowest BCUT2D eigenvalue weighted by atomic mass is 10.0. The molecule has 0 aromatic carbocycles. The van der Waals surface area contributed by atoms with E-state index in [1.54, 1.807) is 0 Å². The molecule has 1 unspecified atom stereocenters. The van der Waals surface area contributed by atoms with Crippen molar-refractivity contribution in [3.05, 3.63) is 0 Å². The summed E-state index contributed by atoms with van der Waals surface area (Å²) in [5.74, 6) is -0.120. The Kier molecular flexibility index (Phi) is 13.4. The second-order valence-electron chi connectivity index (χ2n) is 5.84. The predicted octanol–water partition coefficient (Wildman–Crippen LogP) is 4.66. The van der Waals surface area contributed by atoms with Crippen LogP contribution >= 0.6 is 0 Å². The molecule has 1 atom stereocenters. The van der Waals surface area contributed by atoms with Crippen molar-refractivity contribution in [2.24, 2.45) is 5.92 Å². The molecule has 0 rings (SSSR count). The van der Waals surface area contributed by atoms with Gasteiger partial charge in [-0.25, -0.2) is 0 Å². The predicted molar refractivity (Wildman–Crippen MR) is 84.5 cm³/mol. The van der Waals surface area contributed by atoms with Gasteiger partial charge in [-0.3, -0.25) is 4.79 Å². The van der Waals surface area contributed by atoms with E-state index in [2.05, 4.69) is 6.92 Å². The van der Waals surface area contributed by atoms with Crippen molar-refractivity contribution >= 4 is 16.0 Å². The summed E-state index contributed by atoms with van der Waals surface area (Å²) in [6.07, 6.45) is 11.4. The van der Waals surface area contributed by atoms with Crippen molar-refractivity contribution in [2.45, 2.75) is 91.6 Å². The topological polar surface area (TPSA) is 35.5 Å². The van der Waals surface area contributed by atoms with Crippen molar-refractivity contribution in [3.8, 4) is 0 Å². The number of carbonyl (C=O) groups excluding carboxylic acids is 1. The highest BCUT2D eigenvalue weighted by atomic mass is 28.3. The molecule has 0 saturated carbocycles. The van der Waals surface area contributed by atoms with E-state index in [9.17, 15) is 4.79 Å². The average Bonchev–Trinajstić information content (AvgIpc) is 2.41. The molecule has 0 fully saturated rings. The Bertz CT molecular complexity index is 232. The highest BCUT2D eigenvalue weighted by molar-refractivity contribution is 6.22. The SMILES string of the molecule is CCCCCCCCCCC(C)C(=O)O[Si]OC(C)C. The van der Waals surface area contributed by atoms with Crippen LogP contribution in [0.4, 0.5) is 0 Å². The van der Waals surface area contributed by atoms with Gasteiger partial charge in [0.15, 0.2) is 0 Å². The Morgan fingerprint density at radius 2 is 1.50 bits per heavy atom. The van der Waals surface area contributed by atoms with E-state index in [4.69, 9.17) is 8.85 Å². The van der Waals surface area contributed by atoms with Crippen LogP contribution in [0.25, 0.3) is 0 Å². The standard InChI is InChI=1S/C16H32O3Si/c1-5-6-7-8-9-10-11-12-13-15(4)16(17)19-20-18-14(2)3/h14-15H,5-13H2,1-4H3. The van der Waals surface area contributed by atoms with Crippen LogP contribution in [0.15, 0.2) is 0 Å². The number of hydrogen-bond donors (Lipinski definition) is 0. The highest BCUT2D eigenvalue weighted by Gasteiger charge is 2.15. The zero-order valence-electron chi connectivity index (χ0n) is 13.7. The number of unbranched alkanes of at least 4 members (excludes halogenated alkanes) is 7. The quantitative estimate of drug-likeness (QED) is 0.367. The average molecular weight is 301 g/mol. The van der Waals surface area contributed by atoms with E-state index in [-0.39, 0.29) is 28.0 Å². The lowest BCUT2D eigenvalue weighted by molar-refractivity contribution is -0.139. The fourth-order valence-corrected chi connectivity index (χ4v) is 2.49. The molecule has 4 heteroatoms. The molecule has 0 aliphatic carbocycles. The Morgan fingerprint density at radius 1 is 0.950 bits per heavy atom. The summed E-state index contributed by atoms with van der Waals surface area (Å²) < 4.78 is 10.3. The minimum absolute atomic E-state index is 0.00152. The molecule has 0 amide bonds. The fraction of sp³-hybridized carbons (Fsp3) is 0.938. The maximum atomic E-state index is 11.7. The van der Waals surface area contributed by atoms with Crippen molar-refractivity contribution < 1.29 is 13.6 Å². The molecular weight excluding hydrogens is 268 g/mol. The molecule has 0 aromatic heterocycles. The van der Waals surface area contributed by atoms with Gasteiger partial charge in [0.05, 0.1) is 5.92 Å². The van der Waals surface area contributed by atoms with E-state index >= 15 is 0 Å². The summed E-state index contributed by atoms with van der Waals surface area (Å²) in [6.45, 7) is 8.06. The molecule has 0 spiro atoms. The van der Waals surface area contributed by atoms with Gasteiger partial charge in [0.25, 0.3) is 5.97 Å². The Morgan fingerprint density at radius 3 is 2.05 bits per heavy atom. The van der Waals surface area contributed by atoms with E-state index in [1.165, 1.54) is 44.9 Å². The van der Waals surface area contributed by atoms with Crippen LogP contribution in [-0.2, 0) is 13.6 Å². The number of hydrogen-bond acceptors (Lipinski definition) is 3. The van der Waals surface area contributed by atoms with Gasteiger partial charge >= 0.3 is 10.0 Å². The van der Waals surface area contributed by atoms with E-state index in [1.807, 2.05) is 20.8 Å². The summed E-state index contributed by atoms with van der Waals surface area (Å²) in [5, 5.41) is 0. The van der Waals surface area contributed by atoms with Crippen molar-refractivity contribution in [1.29, 1.82) is 0 Å². The van der Waals surface area contributed by atoms with Crippen molar-refractivity contribution in [3.63, 3.8) is 0 Å². The fourth-order valence-electron chi connectivity index (χ4n) is 1.96. The first-order valence-corrected chi connectivity index (χ1v) is 9.00. The Labute approximate surface area is 127 Å². The number of carbonyl (C=O) groups is 1. The number of rotatable bonds is 13. The molecular formula is C16H32O3Si. The summed E-state index contributed by atoms with van der Waals surface area (Å²) >= 11 is 0. The first kappa shape index (κ1) is 19.6. The van der Waals surface area contributed by atoms with Gasteiger partial charge in [0.1, 0.15) is 0 Å². The van der Waals surface area contributed by atoms with Gasteiger partial charge in [-0.05, 0) is 20.3 Å². The lowest BCUT2D eigenvalue weighted by Gasteiger charge is -2.11. The second kappa shape index (κ2) is 13.6. The van der Waals surface area contributed by atoms with Gasteiger partial charge < -0.3 is 8.85 Å².